The van der Waals surface area contributed by atoms with E-state index in [-0.39, 0.29) is 12.0 Å². The van der Waals surface area contributed by atoms with Crippen LogP contribution in [0.4, 0.5) is 0 Å². The lowest BCUT2D eigenvalue weighted by molar-refractivity contribution is -0.146. The number of ether oxygens (including phenoxy) is 2. The van der Waals surface area contributed by atoms with Crippen LogP contribution in [-0.2, 0) is 20.8 Å². The van der Waals surface area contributed by atoms with Crippen LogP contribution in [0.2, 0.25) is 0 Å². The third-order valence-electron chi connectivity index (χ3n) is 3.33. The maximum atomic E-state index is 11.6. The second-order valence-electron chi connectivity index (χ2n) is 4.40. The molecule has 6 heteroatoms. The van der Waals surface area contributed by atoms with Crippen LogP contribution >= 0.6 is 0 Å². The van der Waals surface area contributed by atoms with Crippen molar-refractivity contribution in [2.24, 2.45) is 0 Å². The Hall–Kier alpha value is -1.82. The molecule has 104 valence electrons. The van der Waals surface area contributed by atoms with Gasteiger partial charge in [-0.15, -0.1) is 0 Å². The smallest absolute Gasteiger partial charge is 0.341 e. The summed E-state index contributed by atoms with van der Waals surface area (Å²) in [7, 11) is 2.71. The fraction of sp³-hybridized carbons (Fsp3) is 0.538. The summed E-state index contributed by atoms with van der Waals surface area (Å²) in [6.45, 7) is 1.18. The summed E-state index contributed by atoms with van der Waals surface area (Å²) in [6.07, 6.45) is 3.14. The Morgan fingerprint density at radius 1 is 1.42 bits per heavy atom. The van der Waals surface area contributed by atoms with Gasteiger partial charge in [0.1, 0.15) is 17.4 Å². The van der Waals surface area contributed by atoms with E-state index < -0.39 is 5.97 Å². The summed E-state index contributed by atoms with van der Waals surface area (Å²) in [5.41, 5.74) is 0.401. The SMILES string of the molecule is COC(=O)c1ccoc1CN1CCCC1C(=O)OC. The maximum Gasteiger partial charge on any atom is 0.341 e. The average molecular weight is 267 g/mol. The number of methoxy groups -OCH3 is 2. The highest BCUT2D eigenvalue weighted by Gasteiger charge is 2.32. The van der Waals surface area contributed by atoms with Gasteiger partial charge in [-0.1, -0.05) is 0 Å². The molecule has 2 heterocycles. The van der Waals surface area contributed by atoms with Crippen molar-refractivity contribution in [2.75, 3.05) is 20.8 Å². The number of carbonyl (C=O) groups excluding carboxylic acids is 2. The average Bonchev–Trinajstić information content (AvgIpc) is 3.06. The topological polar surface area (TPSA) is 69.0 Å². The quantitative estimate of drug-likeness (QED) is 0.764. The Balaban J connectivity index is 2.10. The largest absolute Gasteiger partial charge is 0.468 e. The zero-order valence-electron chi connectivity index (χ0n) is 11.0. The summed E-state index contributed by atoms with van der Waals surface area (Å²) in [4.78, 5) is 25.1. The molecule has 0 N–H and O–H groups in total. The lowest BCUT2D eigenvalue weighted by Crippen LogP contribution is -2.36. The lowest BCUT2D eigenvalue weighted by atomic mass is 10.2. The Morgan fingerprint density at radius 3 is 2.89 bits per heavy atom. The van der Waals surface area contributed by atoms with Crippen molar-refractivity contribution in [3.63, 3.8) is 0 Å². The van der Waals surface area contributed by atoms with Crippen LogP contribution in [0.5, 0.6) is 0 Å². The number of nitrogens with zero attached hydrogens (tertiary/aromatic N) is 1. The van der Waals surface area contributed by atoms with Crippen LogP contribution in [0.15, 0.2) is 16.7 Å². The minimum absolute atomic E-state index is 0.247. The van der Waals surface area contributed by atoms with Gasteiger partial charge in [-0.2, -0.15) is 0 Å². The molecule has 0 aliphatic carbocycles. The van der Waals surface area contributed by atoms with E-state index in [0.29, 0.717) is 17.9 Å². The fourth-order valence-electron chi connectivity index (χ4n) is 2.36. The number of hydrogen-bond acceptors (Lipinski definition) is 6. The van der Waals surface area contributed by atoms with E-state index >= 15 is 0 Å². The molecule has 1 aliphatic heterocycles. The van der Waals surface area contributed by atoms with E-state index in [1.54, 1.807) is 6.07 Å². The van der Waals surface area contributed by atoms with Crippen molar-refractivity contribution in [3.8, 4) is 0 Å². The number of likely N-dealkylation sites (tertiary alicyclic amines) is 1. The third-order valence-corrected chi connectivity index (χ3v) is 3.33. The molecule has 0 aromatic carbocycles. The van der Waals surface area contributed by atoms with E-state index in [9.17, 15) is 9.59 Å². The molecular formula is C13H17NO5. The Kier molecular flexibility index (Phi) is 4.21. The monoisotopic (exact) mass is 267 g/mol. The van der Waals surface area contributed by atoms with Crippen LogP contribution < -0.4 is 0 Å². The van der Waals surface area contributed by atoms with Gasteiger partial charge in [0.25, 0.3) is 0 Å². The molecule has 19 heavy (non-hydrogen) atoms. The van der Waals surface area contributed by atoms with E-state index in [0.717, 1.165) is 19.4 Å². The van der Waals surface area contributed by atoms with Gasteiger partial charge in [-0.05, 0) is 25.5 Å². The first kappa shape index (κ1) is 13.6. The van der Waals surface area contributed by atoms with Crippen molar-refractivity contribution in [1.29, 1.82) is 0 Å². The molecule has 6 nitrogen and oxygen atoms in total. The van der Waals surface area contributed by atoms with Gasteiger partial charge in [0.2, 0.25) is 0 Å². The van der Waals surface area contributed by atoms with E-state index in [1.165, 1.54) is 20.5 Å². The van der Waals surface area contributed by atoms with Crippen LogP contribution in [-0.4, -0.2) is 43.6 Å². The normalized spacial score (nSPS) is 19.4. The van der Waals surface area contributed by atoms with E-state index in [2.05, 4.69) is 4.74 Å². The summed E-state index contributed by atoms with van der Waals surface area (Å²) in [5, 5.41) is 0. The zero-order valence-corrected chi connectivity index (χ0v) is 11.0. The highest BCUT2D eigenvalue weighted by molar-refractivity contribution is 5.90. The second kappa shape index (κ2) is 5.88. The number of hydrogen-bond donors (Lipinski definition) is 0. The molecular weight excluding hydrogens is 250 g/mol. The molecule has 0 bridgehead atoms. The number of carbonyl (C=O) groups is 2. The highest BCUT2D eigenvalue weighted by Crippen LogP contribution is 2.23. The van der Waals surface area contributed by atoms with Crippen LogP contribution in [0.25, 0.3) is 0 Å². The standard InChI is InChI=1S/C13H17NO5/c1-17-12(15)9-5-7-19-11(9)8-14-6-3-4-10(14)13(16)18-2/h5,7,10H,3-4,6,8H2,1-2H3. The van der Waals surface area contributed by atoms with Crippen LogP contribution in [0.1, 0.15) is 29.0 Å². The van der Waals surface area contributed by atoms with Gasteiger partial charge in [0.15, 0.2) is 0 Å². The van der Waals surface area contributed by atoms with Gasteiger partial charge < -0.3 is 13.9 Å². The molecule has 1 aromatic heterocycles. The number of rotatable bonds is 4. The molecule has 1 aromatic rings. The predicted octanol–water partition coefficient (Wildman–Crippen LogP) is 1.20. The summed E-state index contributed by atoms with van der Waals surface area (Å²) in [6, 6.07) is 1.31. The minimum atomic E-state index is -0.433. The molecule has 0 amide bonds. The molecule has 0 spiro atoms. The fourth-order valence-corrected chi connectivity index (χ4v) is 2.36. The Morgan fingerprint density at radius 2 is 2.21 bits per heavy atom. The van der Waals surface area contributed by atoms with Gasteiger partial charge in [0, 0.05) is 0 Å². The van der Waals surface area contributed by atoms with Crippen molar-refractivity contribution in [3.05, 3.63) is 23.7 Å². The first-order valence-corrected chi connectivity index (χ1v) is 6.14. The van der Waals surface area contributed by atoms with Crippen molar-refractivity contribution >= 4 is 11.9 Å². The van der Waals surface area contributed by atoms with Gasteiger partial charge >= 0.3 is 11.9 Å². The third kappa shape index (κ3) is 2.78. The molecule has 0 radical (unpaired) electrons. The van der Waals surface area contributed by atoms with Crippen molar-refractivity contribution in [1.82, 2.24) is 4.90 Å². The number of furan rings is 1. The molecule has 1 fully saturated rings. The number of esters is 2. The summed E-state index contributed by atoms with van der Waals surface area (Å²) < 4.78 is 14.8. The summed E-state index contributed by atoms with van der Waals surface area (Å²) in [5.74, 6) is -0.163. The second-order valence-corrected chi connectivity index (χ2v) is 4.40. The van der Waals surface area contributed by atoms with Gasteiger partial charge in [-0.25, -0.2) is 4.79 Å². The molecule has 2 rings (SSSR count). The summed E-state index contributed by atoms with van der Waals surface area (Å²) >= 11 is 0. The molecule has 1 unspecified atom stereocenters. The van der Waals surface area contributed by atoms with E-state index in [1.807, 2.05) is 4.90 Å². The van der Waals surface area contributed by atoms with Crippen LogP contribution in [0.3, 0.4) is 0 Å². The Labute approximate surface area is 111 Å². The van der Waals surface area contributed by atoms with Gasteiger partial charge in [-0.3, -0.25) is 9.69 Å². The lowest BCUT2D eigenvalue weighted by Gasteiger charge is -2.21. The van der Waals surface area contributed by atoms with E-state index in [4.69, 9.17) is 9.15 Å². The first-order chi connectivity index (χ1) is 9.17. The molecule has 1 saturated heterocycles. The molecule has 0 saturated carbocycles. The van der Waals surface area contributed by atoms with Crippen molar-refractivity contribution < 1.29 is 23.5 Å². The van der Waals surface area contributed by atoms with Crippen molar-refractivity contribution in [2.45, 2.75) is 25.4 Å². The van der Waals surface area contributed by atoms with Crippen LogP contribution in [0, 0.1) is 0 Å². The Bertz CT molecular complexity index is 467. The van der Waals surface area contributed by atoms with Gasteiger partial charge in [0.05, 0.1) is 27.0 Å². The molecule has 1 aliphatic rings. The predicted molar refractivity (Wildman–Crippen MR) is 65.5 cm³/mol. The first-order valence-electron chi connectivity index (χ1n) is 6.14. The maximum absolute atomic E-state index is 11.6. The zero-order chi connectivity index (χ0) is 13.8. The highest BCUT2D eigenvalue weighted by atomic mass is 16.5. The molecule has 1 atom stereocenters. The minimum Gasteiger partial charge on any atom is -0.468 e.